The molecule has 1 N–H and O–H groups in total. The zero-order chi connectivity index (χ0) is 12.1. The van der Waals surface area contributed by atoms with E-state index in [9.17, 15) is 5.11 Å². The van der Waals surface area contributed by atoms with Gasteiger partial charge in [0.05, 0.1) is 6.10 Å². The fourth-order valence-corrected chi connectivity index (χ4v) is 2.57. The molecular weight excluding hydrogens is 212 g/mol. The second-order valence-electron chi connectivity index (χ2n) is 5.05. The molecule has 0 aromatic heterocycles. The van der Waals surface area contributed by atoms with Crippen LogP contribution in [0.3, 0.4) is 0 Å². The van der Waals surface area contributed by atoms with Gasteiger partial charge in [0.25, 0.3) is 0 Å². The highest BCUT2D eigenvalue weighted by molar-refractivity contribution is 5.25. The van der Waals surface area contributed by atoms with E-state index < -0.39 is 0 Å². The van der Waals surface area contributed by atoms with Crippen molar-refractivity contribution in [2.45, 2.75) is 38.7 Å². The van der Waals surface area contributed by atoms with Crippen molar-refractivity contribution in [2.24, 2.45) is 5.92 Å². The van der Waals surface area contributed by atoms with Crippen molar-refractivity contribution in [1.29, 1.82) is 0 Å². The Morgan fingerprint density at radius 2 is 2.24 bits per heavy atom. The summed E-state index contributed by atoms with van der Waals surface area (Å²) in [6.07, 6.45) is 4.65. The Kier molecular flexibility index (Phi) is 4.57. The Bertz CT molecular complexity index is 343. The van der Waals surface area contributed by atoms with E-state index in [1.165, 1.54) is 17.5 Å². The van der Waals surface area contributed by atoms with Crippen LogP contribution in [0, 0.1) is 12.8 Å². The number of aliphatic hydroxyl groups is 1. The molecule has 1 aliphatic heterocycles. The van der Waals surface area contributed by atoms with E-state index in [1.807, 2.05) is 0 Å². The zero-order valence-corrected chi connectivity index (χ0v) is 10.6. The molecule has 2 unspecified atom stereocenters. The molecule has 0 amide bonds. The molecule has 1 aromatic rings. The molecule has 2 atom stereocenters. The van der Waals surface area contributed by atoms with E-state index in [4.69, 9.17) is 4.74 Å². The molecule has 1 fully saturated rings. The highest BCUT2D eigenvalue weighted by Gasteiger charge is 2.20. The van der Waals surface area contributed by atoms with Gasteiger partial charge in [-0.3, -0.25) is 0 Å². The molecule has 17 heavy (non-hydrogen) atoms. The maximum atomic E-state index is 9.48. The van der Waals surface area contributed by atoms with Crippen molar-refractivity contribution in [3.8, 4) is 0 Å². The molecule has 0 aliphatic carbocycles. The minimum Gasteiger partial charge on any atom is -0.396 e. The molecule has 1 saturated heterocycles. The molecule has 1 aromatic carbocycles. The first-order chi connectivity index (χ1) is 8.29. The number of hydrogen-bond acceptors (Lipinski definition) is 2. The molecule has 0 bridgehead atoms. The standard InChI is InChI=1S/C15H22O2/c1-12-5-2-3-6-14(12)9-13(11-16)10-15-7-4-8-17-15/h2-3,5-6,13,15-16H,4,7-11H2,1H3. The molecule has 1 aliphatic rings. The Hall–Kier alpha value is -0.860. The van der Waals surface area contributed by atoms with Gasteiger partial charge in [0.1, 0.15) is 0 Å². The Morgan fingerprint density at radius 1 is 1.41 bits per heavy atom. The lowest BCUT2D eigenvalue weighted by atomic mass is 9.91. The SMILES string of the molecule is Cc1ccccc1CC(CO)CC1CCCO1. The largest absolute Gasteiger partial charge is 0.396 e. The molecular formula is C15H22O2. The van der Waals surface area contributed by atoms with Crippen molar-refractivity contribution in [2.75, 3.05) is 13.2 Å². The lowest BCUT2D eigenvalue weighted by Gasteiger charge is -2.19. The summed E-state index contributed by atoms with van der Waals surface area (Å²) in [7, 11) is 0. The van der Waals surface area contributed by atoms with Crippen LogP contribution >= 0.6 is 0 Å². The van der Waals surface area contributed by atoms with Crippen molar-refractivity contribution in [1.82, 2.24) is 0 Å². The van der Waals surface area contributed by atoms with Crippen LogP contribution in [-0.4, -0.2) is 24.4 Å². The first-order valence-electron chi connectivity index (χ1n) is 6.56. The maximum absolute atomic E-state index is 9.48. The van der Waals surface area contributed by atoms with Crippen LogP contribution in [0.25, 0.3) is 0 Å². The minimum atomic E-state index is 0.258. The second-order valence-corrected chi connectivity index (χ2v) is 5.05. The van der Waals surface area contributed by atoms with Gasteiger partial charge >= 0.3 is 0 Å². The van der Waals surface area contributed by atoms with E-state index in [2.05, 4.69) is 31.2 Å². The predicted molar refractivity (Wildman–Crippen MR) is 69.0 cm³/mol. The number of rotatable bonds is 5. The summed E-state index contributed by atoms with van der Waals surface area (Å²) in [4.78, 5) is 0. The molecule has 94 valence electrons. The minimum absolute atomic E-state index is 0.258. The molecule has 2 heteroatoms. The number of aryl methyl sites for hydroxylation is 1. The summed E-state index contributed by atoms with van der Waals surface area (Å²) in [6.45, 7) is 3.29. The zero-order valence-electron chi connectivity index (χ0n) is 10.6. The van der Waals surface area contributed by atoms with Crippen LogP contribution in [0.1, 0.15) is 30.4 Å². The third-order valence-corrected chi connectivity index (χ3v) is 3.65. The van der Waals surface area contributed by atoms with Crippen LogP contribution in [0.15, 0.2) is 24.3 Å². The summed E-state index contributed by atoms with van der Waals surface area (Å²) in [5.41, 5.74) is 2.67. The fourth-order valence-electron chi connectivity index (χ4n) is 2.57. The topological polar surface area (TPSA) is 29.5 Å². The van der Waals surface area contributed by atoms with Gasteiger partial charge in [-0.15, -0.1) is 0 Å². The first kappa shape index (κ1) is 12.6. The third-order valence-electron chi connectivity index (χ3n) is 3.65. The quantitative estimate of drug-likeness (QED) is 0.849. The van der Waals surface area contributed by atoms with Crippen molar-refractivity contribution in [3.63, 3.8) is 0 Å². The van der Waals surface area contributed by atoms with Gasteiger partial charge < -0.3 is 9.84 Å². The van der Waals surface area contributed by atoms with E-state index >= 15 is 0 Å². The van der Waals surface area contributed by atoms with Crippen LogP contribution in [-0.2, 0) is 11.2 Å². The van der Waals surface area contributed by atoms with Crippen LogP contribution in [0.5, 0.6) is 0 Å². The number of ether oxygens (including phenoxy) is 1. The summed E-state index contributed by atoms with van der Waals surface area (Å²) >= 11 is 0. The Labute approximate surface area is 104 Å². The van der Waals surface area contributed by atoms with Crippen LogP contribution in [0.4, 0.5) is 0 Å². The Morgan fingerprint density at radius 3 is 2.88 bits per heavy atom. The van der Waals surface area contributed by atoms with Gasteiger partial charge in [0.15, 0.2) is 0 Å². The number of benzene rings is 1. The molecule has 0 spiro atoms. The molecule has 2 rings (SSSR count). The van der Waals surface area contributed by atoms with Gasteiger partial charge in [-0.05, 0) is 49.7 Å². The first-order valence-corrected chi connectivity index (χ1v) is 6.56. The van der Waals surface area contributed by atoms with E-state index in [1.54, 1.807) is 0 Å². The normalized spacial score (nSPS) is 21.6. The summed E-state index contributed by atoms with van der Waals surface area (Å²) < 4.78 is 5.64. The highest BCUT2D eigenvalue weighted by atomic mass is 16.5. The summed E-state index contributed by atoms with van der Waals surface area (Å²) in [6, 6.07) is 8.43. The smallest absolute Gasteiger partial charge is 0.0579 e. The molecule has 0 saturated carbocycles. The molecule has 0 radical (unpaired) electrons. The van der Waals surface area contributed by atoms with Crippen molar-refractivity contribution >= 4 is 0 Å². The van der Waals surface area contributed by atoms with E-state index in [0.29, 0.717) is 12.0 Å². The van der Waals surface area contributed by atoms with Gasteiger partial charge in [-0.25, -0.2) is 0 Å². The molecule has 1 heterocycles. The third kappa shape index (κ3) is 3.55. The monoisotopic (exact) mass is 234 g/mol. The summed E-state index contributed by atoms with van der Waals surface area (Å²) in [5.74, 6) is 0.333. The van der Waals surface area contributed by atoms with Crippen LogP contribution < -0.4 is 0 Å². The van der Waals surface area contributed by atoms with Crippen molar-refractivity contribution < 1.29 is 9.84 Å². The lowest BCUT2D eigenvalue weighted by Crippen LogP contribution is -2.18. The number of hydrogen-bond donors (Lipinski definition) is 1. The van der Waals surface area contributed by atoms with E-state index in [-0.39, 0.29) is 6.61 Å². The van der Waals surface area contributed by atoms with Gasteiger partial charge in [0.2, 0.25) is 0 Å². The van der Waals surface area contributed by atoms with Gasteiger partial charge in [-0.1, -0.05) is 24.3 Å². The van der Waals surface area contributed by atoms with Gasteiger partial charge in [-0.2, -0.15) is 0 Å². The lowest BCUT2D eigenvalue weighted by molar-refractivity contribution is 0.0765. The fraction of sp³-hybridized carbons (Fsp3) is 0.600. The average molecular weight is 234 g/mol. The van der Waals surface area contributed by atoms with E-state index in [0.717, 1.165) is 25.9 Å². The molecule has 2 nitrogen and oxygen atoms in total. The summed E-state index contributed by atoms with van der Waals surface area (Å²) in [5, 5.41) is 9.48. The second kappa shape index (κ2) is 6.18. The van der Waals surface area contributed by atoms with Gasteiger partial charge in [0, 0.05) is 13.2 Å². The predicted octanol–water partition coefficient (Wildman–Crippen LogP) is 2.72. The van der Waals surface area contributed by atoms with Crippen molar-refractivity contribution in [3.05, 3.63) is 35.4 Å². The van der Waals surface area contributed by atoms with Crippen LogP contribution in [0.2, 0.25) is 0 Å². The maximum Gasteiger partial charge on any atom is 0.0579 e. The highest BCUT2D eigenvalue weighted by Crippen LogP contribution is 2.23. The Balaban J connectivity index is 1.92. The number of aliphatic hydroxyl groups excluding tert-OH is 1. The average Bonchev–Trinajstić information content (AvgIpc) is 2.84.